The van der Waals surface area contributed by atoms with Gasteiger partial charge in [-0.3, -0.25) is 9.59 Å². The maximum atomic E-state index is 11.0. The van der Waals surface area contributed by atoms with E-state index in [2.05, 4.69) is 21.2 Å². The van der Waals surface area contributed by atoms with Gasteiger partial charge in [-0.1, -0.05) is 22.0 Å². The van der Waals surface area contributed by atoms with Crippen molar-refractivity contribution in [3.05, 3.63) is 28.7 Å². The monoisotopic (exact) mass is 257 g/mol. The third-order valence-corrected chi connectivity index (χ3v) is 1.91. The average Bonchev–Trinajstić information content (AvgIpc) is 2.01. The second-order valence-electron chi connectivity index (χ2n) is 2.63. The van der Waals surface area contributed by atoms with Crippen molar-refractivity contribution in [2.75, 3.05) is 5.32 Å². The van der Waals surface area contributed by atoms with E-state index in [1.165, 1.54) is 0 Å². The number of benzene rings is 1. The third-order valence-electron chi connectivity index (χ3n) is 1.42. The van der Waals surface area contributed by atoms with Crippen LogP contribution in [0, 0.1) is 0 Å². The first-order chi connectivity index (χ1) is 6.58. The molecular weight excluding hydrogens is 250 g/mol. The molecule has 0 aromatic heterocycles. The SMILES string of the molecule is O=C(O)CC(=O)Nc1cccc(Br)c1. The standard InChI is InChI=1S/C9H8BrNO3/c10-6-2-1-3-7(4-6)11-8(12)5-9(13)14/h1-4H,5H2,(H,11,12)(H,13,14). The van der Waals surface area contributed by atoms with E-state index in [1.807, 2.05) is 6.07 Å². The van der Waals surface area contributed by atoms with Crippen molar-refractivity contribution >= 4 is 33.5 Å². The lowest BCUT2D eigenvalue weighted by atomic mass is 10.3. The molecule has 0 saturated heterocycles. The summed E-state index contributed by atoms with van der Waals surface area (Å²) < 4.78 is 0.825. The van der Waals surface area contributed by atoms with Gasteiger partial charge in [0.05, 0.1) is 0 Å². The van der Waals surface area contributed by atoms with Crippen molar-refractivity contribution in [1.29, 1.82) is 0 Å². The van der Waals surface area contributed by atoms with E-state index in [-0.39, 0.29) is 0 Å². The highest BCUT2D eigenvalue weighted by Gasteiger charge is 2.07. The number of hydrogen-bond acceptors (Lipinski definition) is 2. The molecule has 0 aliphatic heterocycles. The molecule has 0 fully saturated rings. The van der Waals surface area contributed by atoms with Gasteiger partial charge in [0.1, 0.15) is 6.42 Å². The van der Waals surface area contributed by atoms with Crippen LogP contribution < -0.4 is 5.32 Å². The number of nitrogens with one attached hydrogen (secondary N) is 1. The maximum Gasteiger partial charge on any atom is 0.312 e. The molecule has 14 heavy (non-hydrogen) atoms. The molecule has 0 spiro atoms. The zero-order valence-electron chi connectivity index (χ0n) is 7.16. The number of amides is 1. The lowest BCUT2D eigenvalue weighted by Gasteiger charge is -2.02. The van der Waals surface area contributed by atoms with Gasteiger partial charge in [-0.25, -0.2) is 0 Å². The van der Waals surface area contributed by atoms with Gasteiger partial charge in [0.25, 0.3) is 0 Å². The summed E-state index contributed by atoms with van der Waals surface area (Å²) in [5.74, 6) is -1.67. The molecule has 0 unspecified atom stereocenters. The summed E-state index contributed by atoms with van der Waals surface area (Å²) in [6.07, 6.45) is -0.521. The van der Waals surface area contributed by atoms with Crippen LogP contribution >= 0.6 is 15.9 Å². The molecule has 74 valence electrons. The Balaban J connectivity index is 2.60. The van der Waals surface area contributed by atoms with Gasteiger partial charge in [-0.2, -0.15) is 0 Å². The highest BCUT2D eigenvalue weighted by molar-refractivity contribution is 9.10. The Bertz CT molecular complexity index is 365. The molecule has 0 aliphatic carbocycles. The molecule has 1 amide bonds. The molecule has 1 rings (SSSR count). The second-order valence-corrected chi connectivity index (χ2v) is 3.54. The van der Waals surface area contributed by atoms with Crippen molar-refractivity contribution in [2.24, 2.45) is 0 Å². The van der Waals surface area contributed by atoms with Crippen LogP contribution in [0.15, 0.2) is 28.7 Å². The van der Waals surface area contributed by atoms with Gasteiger partial charge in [0.15, 0.2) is 0 Å². The van der Waals surface area contributed by atoms with Crippen molar-refractivity contribution in [3.63, 3.8) is 0 Å². The van der Waals surface area contributed by atoms with Gasteiger partial charge >= 0.3 is 5.97 Å². The molecule has 0 heterocycles. The lowest BCUT2D eigenvalue weighted by molar-refractivity contribution is -0.139. The highest BCUT2D eigenvalue weighted by atomic mass is 79.9. The number of carboxylic acid groups (broad SMARTS) is 1. The Morgan fingerprint density at radius 2 is 2.14 bits per heavy atom. The van der Waals surface area contributed by atoms with E-state index in [4.69, 9.17) is 5.11 Å². The van der Waals surface area contributed by atoms with E-state index < -0.39 is 18.3 Å². The highest BCUT2D eigenvalue weighted by Crippen LogP contribution is 2.15. The van der Waals surface area contributed by atoms with E-state index in [0.717, 1.165) is 4.47 Å². The van der Waals surface area contributed by atoms with Crippen molar-refractivity contribution in [1.82, 2.24) is 0 Å². The maximum absolute atomic E-state index is 11.0. The Morgan fingerprint density at radius 1 is 1.43 bits per heavy atom. The summed E-state index contributed by atoms with van der Waals surface area (Å²) in [7, 11) is 0. The Labute approximate surface area is 89.1 Å². The third kappa shape index (κ3) is 3.57. The van der Waals surface area contributed by atoms with Crippen LogP contribution in [0.1, 0.15) is 6.42 Å². The van der Waals surface area contributed by atoms with Crippen LogP contribution in [0.25, 0.3) is 0 Å². The predicted molar refractivity (Wildman–Crippen MR) is 55.0 cm³/mol. The van der Waals surface area contributed by atoms with Crippen LogP contribution in [0.5, 0.6) is 0 Å². The van der Waals surface area contributed by atoms with Gasteiger partial charge in [-0.05, 0) is 18.2 Å². The minimum atomic E-state index is -1.14. The fourth-order valence-corrected chi connectivity index (χ4v) is 1.31. The largest absolute Gasteiger partial charge is 0.481 e. The molecule has 0 atom stereocenters. The molecule has 1 aromatic rings. The Morgan fingerprint density at radius 3 is 2.71 bits per heavy atom. The van der Waals surface area contributed by atoms with Crippen LogP contribution in [0.4, 0.5) is 5.69 Å². The summed E-state index contributed by atoms with van der Waals surface area (Å²) in [5, 5.41) is 10.8. The van der Waals surface area contributed by atoms with Gasteiger partial charge < -0.3 is 10.4 Å². The number of hydrogen-bond donors (Lipinski definition) is 2. The number of anilines is 1. The van der Waals surface area contributed by atoms with Crippen molar-refractivity contribution in [2.45, 2.75) is 6.42 Å². The van der Waals surface area contributed by atoms with Crippen LogP contribution in [-0.2, 0) is 9.59 Å². The number of carboxylic acids is 1. The first-order valence-corrected chi connectivity index (χ1v) is 4.64. The van der Waals surface area contributed by atoms with E-state index in [1.54, 1.807) is 18.2 Å². The van der Waals surface area contributed by atoms with Crippen LogP contribution in [0.3, 0.4) is 0 Å². The smallest absolute Gasteiger partial charge is 0.312 e. The quantitative estimate of drug-likeness (QED) is 0.813. The summed E-state index contributed by atoms with van der Waals surface area (Å²) in [5.41, 5.74) is 0.575. The van der Waals surface area contributed by atoms with E-state index in [9.17, 15) is 9.59 Å². The van der Waals surface area contributed by atoms with Crippen LogP contribution in [0.2, 0.25) is 0 Å². The predicted octanol–water partition coefficient (Wildman–Crippen LogP) is 1.86. The average molecular weight is 258 g/mol. The van der Waals surface area contributed by atoms with Gasteiger partial charge in [0.2, 0.25) is 5.91 Å². The van der Waals surface area contributed by atoms with Crippen molar-refractivity contribution < 1.29 is 14.7 Å². The molecule has 0 aliphatic rings. The molecule has 5 heteroatoms. The van der Waals surface area contributed by atoms with E-state index in [0.29, 0.717) is 5.69 Å². The Hall–Kier alpha value is -1.36. The van der Waals surface area contributed by atoms with E-state index >= 15 is 0 Å². The fraction of sp³-hybridized carbons (Fsp3) is 0.111. The molecule has 0 radical (unpaired) electrons. The second kappa shape index (κ2) is 4.76. The molecular formula is C9H8BrNO3. The number of rotatable bonds is 3. The van der Waals surface area contributed by atoms with Crippen molar-refractivity contribution in [3.8, 4) is 0 Å². The summed E-state index contributed by atoms with van der Waals surface area (Å²) in [6, 6.07) is 6.94. The molecule has 1 aromatic carbocycles. The molecule has 0 saturated carbocycles. The zero-order chi connectivity index (χ0) is 10.6. The molecule has 4 nitrogen and oxygen atoms in total. The number of halogens is 1. The number of carbonyl (C=O) groups excluding carboxylic acids is 1. The summed E-state index contributed by atoms with van der Waals surface area (Å²) >= 11 is 3.24. The summed E-state index contributed by atoms with van der Waals surface area (Å²) in [4.78, 5) is 21.2. The summed E-state index contributed by atoms with van der Waals surface area (Å²) in [6.45, 7) is 0. The first-order valence-electron chi connectivity index (χ1n) is 3.85. The minimum Gasteiger partial charge on any atom is -0.481 e. The Kier molecular flexibility index (Phi) is 3.64. The zero-order valence-corrected chi connectivity index (χ0v) is 8.74. The van der Waals surface area contributed by atoms with Gasteiger partial charge in [0, 0.05) is 10.2 Å². The van der Waals surface area contributed by atoms with Crippen LogP contribution in [-0.4, -0.2) is 17.0 Å². The number of carbonyl (C=O) groups is 2. The normalized spacial score (nSPS) is 9.50. The van der Waals surface area contributed by atoms with Gasteiger partial charge in [-0.15, -0.1) is 0 Å². The first kappa shape index (κ1) is 10.7. The number of aliphatic carboxylic acids is 1. The molecule has 2 N–H and O–H groups in total. The minimum absolute atomic E-state index is 0.521. The lowest BCUT2D eigenvalue weighted by Crippen LogP contribution is -2.15. The molecule has 0 bridgehead atoms. The topological polar surface area (TPSA) is 66.4 Å². The fourth-order valence-electron chi connectivity index (χ4n) is 0.909.